The van der Waals surface area contributed by atoms with Gasteiger partial charge in [0.1, 0.15) is 0 Å². The number of carbonyl (C=O) groups is 1. The number of nitrogens with zero attached hydrogens (tertiary/aromatic N) is 2. The molecule has 148 valence electrons. The summed E-state index contributed by atoms with van der Waals surface area (Å²) in [4.78, 5) is 19.0. The Morgan fingerprint density at radius 2 is 1.93 bits per heavy atom. The van der Waals surface area contributed by atoms with Crippen molar-refractivity contribution in [3.8, 4) is 0 Å². The highest BCUT2D eigenvalue weighted by atomic mass is 16.2. The fraction of sp³-hybridized carbons (Fsp3) is 0.636. The van der Waals surface area contributed by atoms with E-state index in [2.05, 4.69) is 58.6 Å². The van der Waals surface area contributed by atoms with Crippen LogP contribution in [0.5, 0.6) is 0 Å². The van der Waals surface area contributed by atoms with Crippen LogP contribution in [0.15, 0.2) is 29.3 Å². The SMILES string of the molecule is CN=C(NCC(C)c1ccc(C)cc1)NC1CCN(C(=O)C2CCCC2)C1. The first kappa shape index (κ1) is 19.7. The van der Waals surface area contributed by atoms with Gasteiger partial charge in [-0.3, -0.25) is 9.79 Å². The zero-order valence-electron chi connectivity index (χ0n) is 17.0. The Kier molecular flexibility index (Phi) is 6.75. The molecule has 2 fully saturated rings. The second-order valence-electron chi connectivity index (χ2n) is 8.16. The van der Waals surface area contributed by atoms with Crippen molar-refractivity contribution in [2.24, 2.45) is 10.9 Å². The number of likely N-dealkylation sites (tertiary alicyclic amines) is 1. The summed E-state index contributed by atoms with van der Waals surface area (Å²) in [5.41, 5.74) is 2.62. The Bertz CT molecular complexity index is 649. The zero-order chi connectivity index (χ0) is 19.2. The van der Waals surface area contributed by atoms with Gasteiger partial charge in [-0.15, -0.1) is 0 Å². The van der Waals surface area contributed by atoms with Gasteiger partial charge in [0, 0.05) is 38.6 Å². The first-order valence-corrected chi connectivity index (χ1v) is 10.4. The summed E-state index contributed by atoms with van der Waals surface area (Å²) in [6.45, 7) is 6.83. The van der Waals surface area contributed by atoms with Gasteiger partial charge in [-0.1, -0.05) is 49.6 Å². The molecule has 5 heteroatoms. The van der Waals surface area contributed by atoms with Gasteiger partial charge in [0.2, 0.25) is 5.91 Å². The maximum absolute atomic E-state index is 12.6. The average molecular weight is 371 g/mol. The molecule has 1 amide bonds. The number of aryl methyl sites for hydroxylation is 1. The highest BCUT2D eigenvalue weighted by Crippen LogP contribution is 2.27. The van der Waals surface area contributed by atoms with Crippen LogP contribution in [0.3, 0.4) is 0 Å². The van der Waals surface area contributed by atoms with E-state index in [9.17, 15) is 4.79 Å². The molecule has 1 saturated heterocycles. The van der Waals surface area contributed by atoms with E-state index in [-0.39, 0.29) is 12.0 Å². The van der Waals surface area contributed by atoms with Crippen molar-refractivity contribution < 1.29 is 4.79 Å². The molecule has 2 atom stereocenters. The third-order valence-electron chi connectivity index (χ3n) is 5.99. The lowest BCUT2D eigenvalue weighted by molar-refractivity contribution is -0.134. The highest BCUT2D eigenvalue weighted by Gasteiger charge is 2.32. The number of guanidine groups is 1. The minimum Gasteiger partial charge on any atom is -0.356 e. The standard InChI is InChI=1S/C22H34N4O/c1-16-8-10-18(11-9-16)17(2)14-24-22(23-3)25-20-12-13-26(15-20)21(27)19-6-4-5-7-19/h8-11,17,19-20H,4-7,12-15H2,1-3H3,(H2,23,24,25). The van der Waals surface area contributed by atoms with Crippen molar-refractivity contribution >= 4 is 11.9 Å². The van der Waals surface area contributed by atoms with Crippen LogP contribution in [-0.2, 0) is 4.79 Å². The normalized spacial score (nSPS) is 22.1. The molecule has 2 aliphatic rings. The second-order valence-corrected chi connectivity index (χ2v) is 8.16. The molecule has 27 heavy (non-hydrogen) atoms. The molecule has 1 aliphatic carbocycles. The van der Waals surface area contributed by atoms with Crippen molar-refractivity contribution in [2.75, 3.05) is 26.7 Å². The average Bonchev–Trinajstić information content (AvgIpc) is 3.37. The molecule has 2 N–H and O–H groups in total. The Balaban J connectivity index is 1.45. The van der Waals surface area contributed by atoms with E-state index in [1.165, 1.54) is 24.0 Å². The minimum absolute atomic E-state index is 0.275. The molecule has 1 heterocycles. The number of rotatable bonds is 5. The van der Waals surface area contributed by atoms with Crippen LogP contribution in [0.1, 0.15) is 56.1 Å². The Morgan fingerprint density at radius 3 is 2.59 bits per heavy atom. The van der Waals surface area contributed by atoms with Crippen LogP contribution in [0, 0.1) is 12.8 Å². The number of hydrogen-bond donors (Lipinski definition) is 2. The van der Waals surface area contributed by atoms with Gasteiger partial charge >= 0.3 is 0 Å². The molecule has 5 nitrogen and oxygen atoms in total. The monoisotopic (exact) mass is 370 g/mol. The minimum atomic E-state index is 0.275. The van der Waals surface area contributed by atoms with Gasteiger partial charge in [-0.05, 0) is 37.7 Å². The maximum atomic E-state index is 12.6. The molecule has 0 aromatic heterocycles. The highest BCUT2D eigenvalue weighted by molar-refractivity contribution is 5.81. The predicted molar refractivity (Wildman–Crippen MR) is 111 cm³/mol. The van der Waals surface area contributed by atoms with E-state index in [0.29, 0.717) is 11.8 Å². The zero-order valence-corrected chi connectivity index (χ0v) is 17.0. The van der Waals surface area contributed by atoms with Crippen molar-refractivity contribution in [2.45, 2.75) is 57.9 Å². The lowest BCUT2D eigenvalue weighted by atomic mass is 10.0. The third-order valence-corrected chi connectivity index (χ3v) is 5.99. The van der Waals surface area contributed by atoms with Crippen LogP contribution in [0.4, 0.5) is 0 Å². The Morgan fingerprint density at radius 1 is 1.22 bits per heavy atom. The van der Waals surface area contributed by atoms with Crippen LogP contribution < -0.4 is 10.6 Å². The van der Waals surface area contributed by atoms with E-state index in [1.807, 2.05) is 7.05 Å². The number of benzene rings is 1. The van der Waals surface area contributed by atoms with Crippen molar-refractivity contribution in [1.29, 1.82) is 0 Å². The lowest BCUT2D eigenvalue weighted by Crippen LogP contribution is -2.46. The number of aliphatic imine (C=N–C) groups is 1. The smallest absolute Gasteiger partial charge is 0.225 e. The Hall–Kier alpha value is -2.04. The molecule has 0 bridgehead atoms. The van der Waals surface area contributed by atoms with E-state index in [1.54, 1.807) is 0 Å². The predicted octanol–water partition coefficient (Wildman–Crippen LogP) is 3.05. The lowest BCUT2D eigenvalue weighted by Gasteiger charge is -2.22. The molecule has 1 aromatic rings. The Labute approximate surface area is 163 Å². The summed E-state index contributed by atoms with van der Waals surface area (Å²) in [5, 5.41) is 6.95. The summed E-state index contributed by atoms with van der Waals surface area (Å²) >= 11 is 0. The maximum Gasteiger partial charge on any atom is 0.225 e. The van der Waals surface area contributed by atoms with Crippen molar-refractivity contribution in [3.05, 3.63) is 35.4 Å². The van der Waals surface area contributed by atoms with E-state index in [4.69, 9.17) is 0 Å². The molecule has 1 saturated carbocycles. The first-order valence-electron chi connectivity index (χ1n) is 10.4. The molecule has 1 aromatic carbocycles. The largest absolute Gasteiger partial charge is 0.356 e. The van der Waals surface area contributed by atoms with Gasteiger partial charge in [-0.2, -0.15) is 0 Å². The van der Waals surface area contributed by atoms with E-state index >= 15 is 0 Å². The first-order chi connectivity index (χ1) is 13.1. The van der Waals surface area contributed by atoms with E-state index < -0.39 is 0 Å². The molecule has 0 spiro atoms. The van der Waals surface area contributed by atoms with Crippen LogP contribution in [-0.4, -0.2) is 49.5 Å². The molecule has 3 rings (SSSR count). The van der Waals surface area contributed by atoms with Crippen LogP contribution >= 0.6 is 0 Å². The summed E-state index contributed by atoms with van der Waals surface area (Å²) in [5.74, 6) is 1.88. The van der Waals surface area contributed by atoms with Crippen molar-refractivity contribution in [3.63, 3.8) is 0 Å². The fourth-order valence-electron chi connectivity index (χ4n) is 4.16. The van der Waals surface area contributed by atoms with Crippen molar-refractivity contribution in [1.82, 2.24) is 15.5 Å². The summed E-state index contributed by atoms with van der Waals surface area (Å²) in [6, 6.07) is 9.00. The number of nitrogens with one attached hydrogen (secondary N) is 2. The number of hydrogen-bond acceptors (Lipinski definition) is 2. The van der Waals surface area contributed by atoms with E-state index in [0.717, 1.165) is 44.9 Å². The van der Waals surface area contributed by atoms with Gasteiger partial charge in [0.05, 0.1) is 0 Å². The summed E-state index contributed by atoms with van der Waals surface area (Å²) in [6.07, 6.45) is 5.57. The van der Waals surface area contributed by atoms with Gasteiger partial charge in [0.15, 0.2) is 5.96 Å². The second kappa shape index (κ2) is 9.25. The number of amides is 1. The summed E-state index contributed by atoms with van der Waals surface area (Å²) < 4.78 is 0. The van der Waals surface area contributed by atoms with Crippen LogP contribution in [0.2, 0.25) is 0 Å². The van der Waals surface area contributed by atoms with Crippen LogP contribution in [0.25, 0.3) is 0 Å². The molecule has 0 radical (unpaired) electrons. The topological polar surface area (TPSA) is 56.7 Å². The van der Waals surface area contributed by atoms with Gasteiger partial charge in [-0.25, -0.2) is 0 Å². The molecule has 2 unspecified atom stereocenters. The fourth-order valence-corrected chi connectivity index (χ4v) is 4.16. The molecular formula is C22H34N4O. The van der Waals surface area contributed by atoms with Gasteiger partial charge < -0.3 is 15.5 Å². The number of carbonyl (C=O) groups excluding carboxylic acids is 1. The quantitative estimate of drug-likeness (QED) is 0.619. The van der Waals surface area contributed by atoms with Gasteiger partial charge in [0.25, 0.3) is 0 Å². The molecule has 1 aliphatic heterocycles. The third kappa shape index (κ3) is 5.24. The summed E-state index contributed by atoms with van der Waals surface area (Å²) in [7, 11) is 1.81. The molecular weight excluding hydrogens is 336 g/mol.